The van der Waals surface area contributed by atoms with Crippen molar-refractivity contribution in [2.45, 2.75) is 59.4 Å². The maximum Gasteiger partial charge on any atom is 0.0246 e. The molecule has 0 aromatic rings. The summed E-state index contributed by atoms with van der Waals surface area (Å²) in [4.78, 5) is 2.78. The van der Waals surface area contributed by atoms with Crippen LogP contribution in [0, 0.1) is 17.3 Å². The van der Waals surface area contributed by atoms with E-state index >= 15 is 0 Å². The Bertz CT molecular complexity index is 256. The van der Waals surface area contributed by atoms with Crippen molar-refractivity contribution in [3.05, 3.63) is 0 Å². The topological polar surface area (TPSA) is 15.3 Å². The molecule has 0 radical (unpaired) electrons. The molecule has 3 unspecified atom stereocenters. The first-order valence-corrected chi connectivity index (χ1v) is 7.93. The highest BCUT2D eigenvalue weighted by molar-refractivity contribution is 4.87. The van der Waals surface area contributed by atoms with Crippen LogP contribution in [0.2, 0.25) is 0 Å². The quantitative estimate of drug-likeness (QED) is 0.771. The predicted molar refractivity (Wildman–Crippen MR) is 78.8 cm³/mol. The van der Waals surface area contributed by atoms with Gasteiger partial charge in [-0.15, -0.1) is 0 Å². The lowest BCUT2D eigenvalue weighted by Gasteiger charge is -2.38. The van der Waals surface area contributed by atoms with Crippen molar-refractivity contribution in [3.63, 3.8) is 0 Å². The number of hydrogen-bond acceptors (Lipinski definition) is 2. The molecule has 0 bridgehead atoms. The number of rotatable bonds is 1. The first-order chi connectivity index (χ1) is 8.48. The molecule has 0 aromatic carbocycles. The van der Waals surface area contributed by atoms with E-state index in [1.807, 2.05) is 0 Å². The monoisotopic (exact) mass is 252 g/mol. The smallest absolute Gasteiger partial charge is 0.0246 e. The molecule has 2 heterocycles. The van der Waals surface area contributed by atoms with Crippen molar-refractivity contribution in [2.75, 3.05) is 26.2 Å². The third kappa shape index (κ3) is 3.48. The molecule has 3 atom stereocenters. The molecule has 2 nitrogen and oxygen atoms in total. The maximum atomic E-state index is 3.58. The van der Waals surface area contributed by atoms with Gasteiger partial charge >= 0.3 is 0 Å². The van der Waals surface area contributed by atoms with E-state index in [4.69, 9.17) is 0 Å². The van der Waals surface area contributed by atoms with Gasteiger partial charge in [0, 0.05) is 12.6 Å². The van der Waals surface area contributed by atoms with Crippen LogP contribution in [-0.2, 0) is 0 Å². The second kappa shape index (κ2) is 5.92. The van der Waals surface area contributed by atoms with Crippen LogP contribution in [0.15, 0.2) is 0 Å². The Balaban J connectivity index is 1.92. The van der Waals surface area contributed by atoms with Crippen LogP contribution in [-0.4, -0.2) is 37.1 Å². The van der Waals surface area contributed by atoms with E-state index < -0.39 is 0 Å². The van der Waals surface area contributed by atoms with E-state index in [2.05, 4.69) is 37.9 Å². The molecule has 0 spiro atoms. The van der Waals surface area contributed by atoms with E-state index in [1.165, 1.54) is 51.9 Å². The minimum absolute atomic E-state index is 0.493. The van der Waals surface area contributed by atoms with Crippen LogP contribution in [0.25, 0.3) is 0 Å². The van der Waals surface area contributed by atoms with Gasteiger partial charge in [0.15, 0.2) is 0 Å². The van der Waals surface area contributed by atoms with Gasteiger partial charge in [0.2, 0.25) is 0 Å². The second-order valence-electron chi connectivity index (χ2n) is 7.57. The molecule has 0 aromatic heterocycles. The third-order valence-corrected chi connectivity index (χ3v) is 5.24. The Morgan fingerprint density at radius 1 is 1.06 bits per heavy atom. The highest BCUT2D eigenvalue weighted by atomic mass is 15.2. The summed E-state index contributed by atoms with van der Waals surface area (Å²) in [6.07, 6.45) is 5.57. The predicted octanol–water partition coefficient (Wildman–Crippen LogP) is 3.13. The van der Waals surface area contributed by atoms with Gasteiger partial charge in [-0.2, -0.15) is 0 Å². The Hall–Kier alpha value is -0.0800. The van der Waals surface area contributed by atoms with E-state index in [9.17, 15) is 0 Å². The standard InChI is InChI=1S/C16H32N2/c1-13-7-9-17-12-15(13)18-10-5-6-14(8-11-18)16(2,3)4/h13-15,17H,5-12H2,1-4H3. The first-order valence-electron chi connectivity index (χ1n) is 7.93. The van der Waals surface area contributed by atoms with Gasteiger partial charge in [-0.1, -0.05) is 27.7 Å². The minimum atomic E-state index is 0.493. The molecule has 2 aliphatic heterocycles. The van der Waals surface area contributed by atoms with Gasteiger partial charge < -0.3 is 5.32 Å². The van der Waals surface area contributed by atoms with Gasteiger partial charge in [0.05, 0.1) is 0 Å². The summed E-state index contributed by atoms with van der Waals surface area (Å²) in [5.74, 6) is 1.78. The first kappa shape index (κ1) is 14.3. The minimum Gasteiger partial charge on any atom is -0.315 e. The van der Waals surface area contributed by atoms with Crippen molar-refractivity contribution < 1.29 is 0 Å². The van der Waals surface area contributed by atoms with Crippen LogP contribution in [0.5, 0.6) is 0 Å². The van der Waals surface area contributed by atoms with Gasteiger partial charge in [-0.25, -0.2) is 0 Å². The van der Waals surface area contributed by atoms with Crippen molar-refractivity contribution in [1.29, 1.82) is 0 Å². The molecule has 2 saturated heterocycles. The van der Waals surface area contributed by atoms with Crippen LogP contribution < -0.4 is 5.32 Å². The highest BCUT2D eigenvalue weighted by Gasteiger charge is 2.31. The summed E-state index contributed by atoms with van der Waals surface area (Å²) in [6.45, 7) is 14.8. The fourth-order valence-corrected chi connectivity index (χ4v) is 3.78. The number of likely N-dealkylation sites (tertiary alicyclic amines) is 1. The Labute approximate surface area is 114 Å². The molecule has 2 aliphatic rings. The van der Waals surface area contributed by atoms with Crippen LogP contribution in [0.1, 0.15) is 53.4 Å². The molecule has 0 amide bonds. The van der Waals surface area contributed by atoms with Crippen molar-refractivity contribution in [3.8, 4) is 0 Å². The zero-order valence-corrected chi connectivity index (χ0v) is 12.8. The third-order valence-electron chi connectivity index (χ3n) is 5.24. The zero-order valence-electron chi connectivity index (χ0n) is 12.8. The zero-order chi connectivity index (χ0) is 13.2. The summed E-state index contributed by atoms with van der Waals surface area (Å²) in [7, 11) is 0. The molecular formula is C16H32N2. The Morgan fingerprint density at radius 3 is 2.50 bits per heavy atom. The van der Waals surface area contributed by atoms with Gasteiger partial charge in [-0.05, 0) is 62.6 Å². The van der Waals surface area contributed by atoms with E-state index in [0.29, 0.717) is 5.41 Å². The lowest BCUT2D eigenvalue weighted by Crippen LogP contribution is -2.50. The van der Waals surface area contributed by atoms with E-state index in [0.717, 1.165) is 17.9 Å². The lowest BCUT2D eigenvalue weighted by atomic mass is 9.77. The number of nitrogens with zero attached hydrogens (tertiary/aromatic N) is 1. The number of nitrogens with one attached hydrogen (secondary N) is 1. The summed E-state index contributed by atoms with van der Waals surface area (Å²) in [6, 6.07) is 0.789. The largest absolute Gasteiger partial charge is 0.315 e. The second-order valence-corrected chi connectivity index (χ2v) is 7.57. The molecular weight excluding hydrogens is 220 g/mol. The summed E-state index contributed by atoms with van der Waals surface area (Å²) in [5, 5.41) is 3.58. The highest BCUT2D eigenvalue weighted by Crippen LogP contribution is 2.35. The average molecular weight is 252 g/mol. The molecule has 0 saturated carbocycles. The van der Waals surface area contributed by atoms with Crippen LogP contribution >= 0.6 is 0 Å². The van der Waals surface area contributed by atoms with Crippen molar-refractivity contribution in [2.24, 2.45) is 17.3 Å². The number of piperidine rings is 1. The molecule has 106 valence electrons. The van der Waals surface area contributed by atoms with Gasteiger partial charge in [0.1, 0.15) is 0 Å². The fraction of sp³-hybridized carbons (Fsp3) is 1.00. The van der Waals surface area contributed by atoms with E-state index in [-0.39, 0.29) is 0 Å². The lowest BCUT2D eigenvalue weighted by molar-refractivity contribution is 0.121. The SMILES string of the molecule is CC1CCNCC1N1CCCC(C(C)(C)C)CC1. The fourth-order valence-electron chi connectivity index (χ4n) is 3.78. The molecule has 18 heavy (non-hydrogen) atoms. The van der Waals surface area contributed by atoms with Gasteiger partial charge in [-0.3, -0.25) is 4.90 Å². The molecule has 2 heteroatoms. The Morgan fingerprint density at radius 2 is 1.83 bits per heavy atom. The van der Waals surface area contributed by atoms with Crippen LogP contribution in [0.3, 0.4) is 0 Å². The van der Waals surface area contributed by atoms with Crippen molar-refractivity contribution >= 4 is 0 Å². The normalized spacial score (nSPS) is 36.3. The summed E-state index contributed by atoms with van der Waals surface area (Å²) < 4.78 is 0. The molecule has 1 N–H and O–H groups in total. The van der Waals surface area contributed by atoms with E-state index in [1.54, 1.807) is 0 Å². The maximum absolute atomic E-state index is 3.58. The molecule has 2 rings (SSSR count). The molecule has 0 aliphatic carbocycles. The average Bonchev–Trinajstić information content (AvgIpc) is 2.54. The summed E-state index contributed by atoms with van der Waals surface area (Å²) in [5.41, 5.74) is 0.493. The van der Waals surface area contributed by atoms with Crippen molar-refractivity contribution in [1.82, 2.24) is 10.2 Å². The number of hydrogen-bond donors (Lipinski definition) is 1. The van der Waals surface area contributed by atoms with Gasteiger partial charge in [0.25, 0.3) is 0 Å². The van der Waals surface area contributed by atoms with Crippen LogP contribution in [0.4, 0.5) is 0 Å². The summed E-state index contributed by atoms with van der Waals surface area (Å²) >= 11 is 0. The Kier molecular flexibility index (Phi) is 4.71. The molecule has 2 fully saturated rings.